The van der Waals surface area contributed by atoms with Gasteiger partial charge in [0.1, 0.15) is 11.6 Å². The summed E-state index contributed by atoms with van der Waals surface area (Å²) in [5, 5.41) is 9.90. The summed E-state index contributed by atoms with van der Waals surface area (Å²) in [6.45, 7) is 3.58. The van der Waals surface area contributed by atoms with E-state index in [1.807, 2.05) is 25.1 Å². The zero-order valence-electron chi connectivity index (χ0n) is 15.4. The van der Waals surface area contributed by atoms with E-state index in [2.05, 4.69) is 20.7 Å². The van der Waals surface area contributed by atoms with Crippen LogP contribution < -0.4 is 10.6 Å². The third kappa shape index (κ3) is 3.36. The molecule has 0 bridgehead atoms. The number of benzene rings is 2. The number of amides is 2. The van der Waals surface area contributed by atoms with Crippen LogP contribution >= 0.6 is 0 Å². The molecule has 1 aliphatic rings. The monoisotopic (exact) mass is 379 g/mol. The van der Waals surface area contributed by atoms with Gasteiger partial charge in [0.05, 0.1) is 18.2 Å². The summed E-state index contributed by atoms with van der Waals surface area (Å²) >= 11 is 0. The van der Waals surface area contributed by atoms with E-state index in [1.165, 1.54) is 16.8 Å². The maximum Gasteiger partial charge on any atom is 0.291 e. The number of carbonyl (C=O) groups is 2. The first kappa shape index (κ1) is 17.8. The summed E-state index contributed by atoms with van der Waals surface area (Å²) in [6.07, 6.45) is 0.340. The Kier molecular flexibility index (Phi) is 4.38. The molecule has 0 radical (unpaired) electrons. The molecule has 0 unspecified atom stereocenters. The van der Waals surface area contributed by atoms with Gasteiger partial charge in [-0.25, -0.2) is 14.1 Å². The van der Waals surface area contributed by atoms with E-state index in [0.29, 0.717) is 17.9 Å². The molecule has 2 N–H and O–H groups in total. The first-order chi connectivity index (χ1) is 13.4. The Labute approximate surface area is 160 Å². The molecule has 1 aromatic heterocycles. The Hall–Kier alpha value is -3.55. The molecule has 0 fully saturated rings. The fourth-order valence-corrected chi connectivity index (χ4v) is 3.18. The van der Waals surface area contributed by atoms with E-state index in [-0.39, 0.29) is 23.6 Å². The SMILES string of the molecule is Cc1nc(C(=O)N[C@H](C)c2ccc3c(c2)CC(=O)N3)nn1-c1ccc(F)cc1. The van der Waals surface area contributed by atoms with Crippen LogP contribution in [0.2, 0.25) is 0 Å². The normalized spacial score (nSPS) is 13.8. The number of fused-ring (bicyclic) bond motifs is 1. The predicted octanol–water partition coefficient (Wildman–Crippen LogP) is 2.70. The maximum absolute atomic E-state index is 13.1. The molecule has 0 spiro atoms. The van der Waals surface area contributed by atoms with Crippen LogP contribution in [0.3, 0.4) is 0 Å². The highest BCUT2D eigenvalue weighted by Crippen LogP contribution is 2.26. The lowest BCUT2D eigenvalue weighted by Crippen LogP contribution is -2.27. The van der Waals surface area contributed by atoms with Gasteiger partial charge >= 0.3 is 0 Å². The molecule has 7 nitrogen and oxygen atoms in total. The summed E-state index contributed by atoms with van der Waals surface area (Å²) in [7, 11) is 0. The van der Waals surface area contributed by atoms with Crippen molar-refractivity contribution in [2.45, 2.75) is 26.3 Å². The number of aryl methyl sites for hydroxylation is 1. The van der Waals surface area contributed by atoms with Gasteiger partial charge in [0.15, 0.2) is 0 Å². The van der Waals surface area contributed by atoms with Crippen LogP contribution in [0.4, 0.5) is 10.1 Å². The van der Waals surface area contributed by atoms with Gasteiger partial charge in [-0.15, -0.1) is 5.10 Å². The van der Waals surface area contributed by atoms with E-state index in [4.69, 9.17) is 0 Å². The summed E-state index contributed by atoms with van der Waals surface area (Å²) < 4.78 is 14.6. The van der Waals surface area contributed by atoms with Crippen molar-refractivity contribution >= 4 is 17.5 Å². The largest absolute Gasteiger partial charge is 0.343 e. The molecule has 0 saturated carbocycles. The number of hydrogen-bond donors (Lipinski definition) is 2. The predicted molar refractivity (Wildman–Crippen MR) is 101 cm³/mol. The van der Waals surface area contributed by atoms with Crippen molar-refractivity contribution in [3.8, 4) is 5.69 Å². The zero-order chi connectivity index (χ0) is 19.8. The topological polar surface area (TPSA) is 88.9 Å². The zero-order valence-corrected chi connectivity index (χ0v) is 15.4. The Morgan fingerprint density at radius 2 is 2.00 bits per heavy atom. The van der Waals surface area contributed by atoms with Gasteiger partial charge in [-0.2, -0.15) is 0 Å². The van der Waals surface area contributed by atoms with Crippen molar-refractivity contribution < 1.29 is 14.0 Å². The molecular weight excluding hydrogens is 361 g/mol. The van der Waals surface area contributed by atoms with Crippen LogP contribution in [-0.4, -0.2) is 26.6 Å². The van der Waals surface area contributed by atoms with Crippen LogP contribution in [0.15, 0.2) is 42.5 Å². The summed E-state index contributed by atoms with van der Waals surface area (Å²) in [4.78, 5) is 28.3. The molecule has 2 aromatic carbocycles. The first-order valence-electron chi connectivity index (χ1n) is 8.84. The molecule has 3 aromatic rings. The summed E-state index contributed by atoms with van der Waals surface area (Å²) in [6, 6.07) is 11.1. The van der Waals surface area contributed by atoms with Crippen LogP contribution in [0.25, 0.3) is 5.69 Å². The van der Waals surface area contributed by atoms with Gasteiger partial charge in [0, 0.05) is 5.69 Å². The molecular formula is C20H18FN5O2. The standard InChI is InChI=1S/C20H18FN5O2/c1-11(13-3-8-17-14(9-13)10-18(27)24-17)22-20(28)19-23-12(2)26(25-19)16-6-4-15(21)5-7-16/h3-9,11H,10H2,1-2H3,(H,22,28)(H,24,27)/t11-/m1/s1. The third-order valence-electron chi connectivity index (χ3n) is 4.65. The van der Waals surface area contributed by atoms with Crippen LogP contribution in [0.5, 0.6) is 0 Å². The lowest BCUT2D eigenvalue weighted by atomic mass is 10.0. The molecule has 8 heteroatoms. The van der Waals surface area contributed by atoms with E-state index in [0.717, 1.165) is 16.8 Å². The molecule has 0 aliphatic carbocycles. The van der Waals surface area contributed by atoms with Crippen LogP contribution in [-0.2, 0) is 11.2 Å². The molecule has 4 rings (SSSR count). The minimum atomic E-state index is -0.411. The second-order valence-electron chi connectivity index (χ2n) is 6.71. The van der Waals surface area contributed by atoms with Gasteiger partial charge in [0.25, 0.3) is 5.91 Å². The quantitative estimate of drug-likeness (QED) is 0.729. The minimum absolute atomic E-state index is 0.0325. The van der Waals surface area contributed by atoms with Gasteiger partial charge in [-0.1, -0.05) is 12.1 Å². The number of rotatable bonds is 4. The Balaban J connectivity index is 1.51. The number of nitrogens with one attached hydrogen (secondary N) is 2. The molecule has 28 heavy (non-hydrogen) atoms. The molecule has 2 amide bonds. The maximum atomic E-state index is 13.1. The Morgan fingerprint density at radius 3 is 2.75 bits per heavy atom. The second-order valence-corrected chi connectivity index (χ2v) is 6.71. The molecule has 142 valence electrons. The number of halogens is 1. The van der Waals surface area contributed by atoms with Crippen molar-refractivity contribution in [2.75, 3.05) is 5.32 Å². The summed E-state index contributed by atoms with van der Waals surface area (Å²) in [5.74, 6) is -0.237. The molecule has 1 atom stereocenters. The smallest absolute Gasteiger partial charge is 0.291 e. The number of anilines is 1. The number of hydrogen-bond acceptors (Lipinski definition) is 4. The Bertz CT molecular complexity index is 1070. The second kappa shape index (κ2) is 6.88. The molecule has 2 heterocycles. The average Bonchev–Trinajstić information content (AvgIpc) is 3.23. The van der Waals surface area contributed by atoms with Crippen LogP contribution in [0, 0.1) is 12.7 Å². The van der Waals surface area contributed by atoms with Crippen molar-refractivity contribution in [2.24, 2.45) is 0 Å². The van der Waals surface area contributed by atoms with E-state index in [1.54, 1.807) is 19.1 Å². The van der Waals surface area contributed by atoms with Crippen molar-refractivity contribution in [3.63, 3.8) is 0 Å². The minimum Gasteiger partial charge on any atom is -0.343 e. The van der Waals surface area contributed by atoms with Crippen LogP contribution in [0.1, 0.15) is 40.5 Å². The highest BCUT2D eigenvalue weighted by molar-refractivity contribution is 5.99. The van der Waals surface area contributed by atoms with Crippen molar-refractivity contribution in [1.82, 2.24) is 20.1 Å². The molecule has 0 saturated heterocycles. The highest BCUT2D eigenvalue weighted by atomic mass is 19.1. The fraction of sp³-hybridized carbons (Fsp3) is 0.200. The van der Waals surface area contributed by atoms with E-state index in [9.17, 15) is 14.0 Å². The van der Waals surface area contributed by atoms with E-state index >= 15 is 0 Å². The van der Waals surface area contributed by atoms with Gasteiger partial charge in [0.2, 0.25) is 11.7 Å². The third-order valence-corrected chi connectivity index (χ3v) is 4.65. The number of nitrogens with zero attached hydrogens (tertiary/aromatic N) is 3. The lowest BCUT2D eigenvalue weighted by molar-refractivity contribution is -0.115. The Morgan fingerprint density at radius 1 is 1.25 bits per heavy atom. The van der Waals surface area contributed by atoms with Crippen molar-refractivity contribution in [1.29, 1.82) is 0 Å². The van der Waals surface area contributed by atoms with E-state index < -0.39 is 5.91 Å². The lowest BCUT2D eigenvalue weighted by Gasteiger charge is -2.14. The fourth-order valence-electron chi connectivity index (χ4n) is 3.18. The van der Waals surface area contributed by atoms with Crippen molar-refractivity contribution in [3.05, 3.63) is 71.1 Å². The highest BCUT2D eigenvalue weighted by Gasteiger charge is 2.21. The van der Waals surface area contributed by atoms with Gasteiger partial charge < -0.3 is 10.6 Å². The molecule has 1 aliphatic heterocycles. The van der Waals surface area contributed by atoms with Gasteiger partial charge in [-0.05, 0) is 55.3 Å². The average molecular weight is 379 g/mol. The first-order valence-corrected chi connectivity index (χ1v) is 8.84. The number of aromatic nitrogens is 3. The summed E-state index contributed by atoms with van der Waals surface area (Å²) in [5.41, 5.74) is 3.23. The van der Waals surface area contributed by atoms with Gasteiger partial charge in [-0.3, -0.25) is 9.59 Å². The number of carbonyl (C=O) groups excluding carboxylic acids is 2.